The molecule has 2 aromatic carbocycles. The third-order valence-electron chi connectivity index (χ3n) is 3.35. The van der Waals surface area contributed by atoms with E-state index in [4.69, 9.17) is 9.47 Å². The lowest BCUT2D eigenvalue weighted by atomic mass is 10.1. The molecule has 1 atom stereocenters. The van der Waals surface area contributed by atoms with Crippen molar-refractivity contribution in [1.29, 1.82) is 0 Å². The van der Waals surface area contributed by atoms with Crippen molar-refractivity contribution in [3.8, 4) is 5.75 Å². The molecule has 0 fully saturated rings. The molecule has 0 saturated carbocycles. The molecular formula is C18H19NO5S. The van der Waals surface area contributed by atoms with Gasteiger partial charge in [-0.1, -0.05) is 12.1 Å². The van der Waals surface area contributed by atoms with Crippen molar-refractivity contribution in [2.24, 2.45) is 0 Å². The highest BCUT2D eigenvalue weighted by molar-refractivity contribution is 8.00. The molecule has 0 aliphatic heterocycles. The Hall–Kier alpha value is -2.54. The van der Waals surface area contributed by atoms with Crippen molar-refractivity contribution < 1.29 is 19.2 Å². The number of non-ortho nitro benzene ring substituents is 1. The topological polar surface area (TPSA) is 78.7 Å². The minimum atomic E-state index is -0.548. The van der Waals surface area contributed by atoms with Crippen molar-refractivity contribution in [2.75, 3.05) is 12.4 Å². The summed E-state index contributed by atoms with van der Waals surface area (Å²) in [7, 11) is 0. The van der Waals surface area contributed by atoms with Gasteiger partial charge < -0.3 is 9.47 Å². The number of benzene rings is 2. The van der Waals surface area contributed by atoms with Crippen LogP contribution >= 0.6 is 11.8 Å². The quantitative estimate of drug-likeness (QED) is 0.300. The molecule has 0 aliphatic rings. The summed E-state index contributed by atoms with van der Waals surface area (Å²) >= 11 is 1.36. The predicted molar refractivity (Wildman–Crippen MR) is 95.9 cm³/mol. The van der Waals surface area contributed by atoms with Gasteiger partial charge in [0.15, 0.2) is 0 Å². The van der Waals surface area contributed by atoms with E-state index in [1.807, 2.05) is 31.2 Å². The van der Waals surface area contributed by atoms with E-state index < -0.39 is 11.0 Å². The number of nitrogens with zero attached hydrogens (tertiary/aromatic N) is 1. The maximum Gasteiger partial charge on any atom is 0.316 e. The number of hydrogen-bond acceptors (Lipinski definition) is 6. The highest BCUT2D eigenvalue weighted by Crippen LogP contribution is 2.24. The summed E-state index contributed by atoms with van der Waals surface area (Å²) in [6.45, 7) is 4.22. The van der Waals surface area contributed by atoms with Crippen LogP contribution in [0.4, 0.5) is 5.69 Å². The smallest absolute Gasteiger partial charge is 0.316 e. The Labute approximate surface area is 150 Å². The van der Waals surface area contributed by atoms with Gasteiger partial charge in [0.1, 0.15) is 11.9 Å². The highest BCUT2D eigenvalue weighted by atomic mass is 32.2. The van der Waals surface area contributed by atoms with E-state index in [1.165, 1.54) is 23.9 Å². The second kappa shape index (κ2) is 9.08. The van der Waals surface area contributed by atoms with Gasteiger partial charge in [0.2, 0.25) is 0 Å². The SMILES string of the molecule is CCOc1ccc(SCC(=O)O[C@H](C)c2cccc([N+](=O)[O-])c2)cc1. The Kier molecular flexibility index (Phi) is 6.82. The predicted octanol–water partition coefficient (Wildman–Crippen LogP) is 4.39. The first-order chi connectivity index (χ1) is 12.0. The molecule has 0 unspecified atom stereocenters. The fourth-order valence-corrected chi connectivity index (χ4v) is 2.81. The molecule has 0 bridgehead atoms. The van der Waals surface area contributed by atoms with Crippen LogP contribution in [0.25, 0.3) is 0 Å². The fourth-order valence-electron chi connectivity index (χ4n) is 2.13. The molecule has 0 N–H and O–H groups in total. The molecule has 0 aliphatic carbocycles. The van der Waals surface area contributed by atoms with Gasteiger partial charge in [-0.25, -0.2) is 0 Å². The molecular weight excluding hydrogens is 342 g/mol. The van der Waals surface area contributed by atoms with Gasteiger partial charge in [-0.15, -0.1) is 11.8 Å². The molecule has 2 aromatic rings. The summed E-state index contributed by atoms with van der Waals surface area (Å²) in [4.78, 5) is 23.3. The van der Waals surface area contributed by atoms with E-state index in [0.29, 0.717) is 12.2 Å². The van der Waals surface area contributed by atoms with Crippen LogP contribution in [0.15, 0.2) is 53.4 Å². The van der Waals surface area contributed by atoms with Crippen LogP contribution in [0, 0.1) is 10.1 Å². The Balaban J connectivity index is 1.87. The summed E-state index contributed by atoms with van der Waals surface area (Å²) in [5.41, 5.74) is 0.567. The van der Waals surface area contributed by atoms with E-state index in [9.17, 15) is 14.9 Å². The molecule has 0 spiro atoms. The second-order valence-electron chi connectivity index (χ2n) is 5.18. The molecule has 0 amide bonds. The Morgan fingerprint density at radius 1 is 1.24 bits per heavy atom. The number of hydrogen-bond donors (Lipinski definition) is 0. The first kappa shape index (κ1) is 18.8. The van der Waals surface area contributed by atoms with Gasteiger partial charge in [-0.05, 0) is 43.7 Å². The summed E-state index contributed by atoms with van der Waals surface area (Å²) in [5, 5.41) is 10.8. The van der Waals surface area contributed by atoms with E-state index >= 15 is 0 Å². The minimum Gasteiger partial charge on any atom is -0.494 e. The number of esters is 1. The maximum atomic E-state index is 12.0. The van der Waals surface area contributed by atoms with Crippen LogP contribution in [0.1, 0.15) is 25.5 Å². The monoisotopic (exact) mass is 361 g/mol. The van der Waals surface area contributed by atoms with Gasteiger partial charge in [0.05, 0.1) is 17.3 Å². The Bertz CT molecular complexity index is 733. The standard InChI is InChI=1S/C18H19NO5S/c1-3-23-16-7-9-17(10-8-16)25-12-18(20)24-13(2)14-5-4-6-15(11-14)19(21)22/h4-11,13H,3,12H2,1-2H3/t13-/m1/s1. The number of nitro benzene ring substituents is 1. The molecule has 0 radical (unpaired) electrons. The Morgan fingerprint density at radius 2 is 1.96 bits per heavy atom. The molecule has 2 rings (SSSR count). The zero-order chi connectivity index (χ0) is 18.2. The van der Waals surface area contributed by atoms with Crippen LogP contribution in [-0.2, 0) is 9.53 Å². The molecule has 6 nitrogen and oxygen atoms in total. The number of carbonyl (C=O) groups excluding carboxylic acids is 1. The molecule has 25 heavy (non-hydrogen) atoms. The van der Waals surface area contributed by atoms with Crippen LogP contribution in [-0.4, -0.2) is 23.3 Å². The van der Waals surface area contributed by atoms with Crippen molar-refractivity contribution in [3.05, 3.63) is 64.2 Å². The van der Waals surface area contributed by atoms with Crippen LogP contribution in [0.5, 0.6) is 5.75 Å². The molecule has 0 aromatic heterocycles. The largest absolute Gasteiger partial charge is 0.494 e. The Morgan fingerprint density at radius 3 is 2.60 bits per heavy atom. The lowest BCUT2D eigenvalue weighted by molar-refractivity contribution is -0.385. The molecule has 0 heterocycles. The van der Waals surface area contributed by atoms with Crippen molar-refractivity contribution in [1.82, 2.24) is 0 Å². The molecule has 7 heteroatoms. The second-order valence-corrected chi connectivity index (χ2v) is 6.23. The van der Waals surface area contributed by atoms with Crippen molar-refractivity contribution >= 4 is 23.4 Å². The van der Waals surface area contributed by atoms with Gasteiger partial charge in [0, 0.05) is 17.0 Å². The average Bonchev–Trinajstić information content (AvgIpc) is 2.61. The number of thioether (sulfide) groups is 1. The van der Waals surface area contributed by atoms with Gasteiger partial charge in [0.25, 0.3) is 5.69 Å². The summed E-state index contributed by atoms with van der Waals surface area (Å²) in [6, 6.07) is 13.6. The van der Waals surface area contributed by atoms with E-state index in [0.717, 1.165) is 10.6 Å². The zero-order valence-corrected chi connectivity index (χ0v) is 14.8. The first-order valence-corrected chi connectivity index (χ1v) is 8.77. The van der Waals surface area contributed by atoms with Crippen molar-refractivity contribution in [2.45, 2.75) is 24.8 Å². The van der Waals surface area contributed by atoms with E-state index in [2.05, 4.69) is 0 Å². The highest BCUT2D eigenvalue weighted by Gasteiger charge is 2.15. The van der Waals surface area contributed by atoms with E-state index in [1.54, 1.807) is 19.1 Å². The van der Waals surface area contributed by atoms with Crippen LogP contribution in [0.3, 0.4) is 0 Å². The van der Waals surface area contributed by atoms with E-state index in [-0.39, 0.29) is 17.4 Å². The maximum absolute atomic E-state index is 12.0. The molecule has 0 saturated heterocycles. The lowest BCUT2D eigenvalue weighted by Gasteiger charge is -2.13. The summed E-state index contributed by atoms with van der Waals surface area (Å²) in [6.07, 6.45) is -0.548. The third-order valence-corrected chi connectivity index (χ3v) is 4.34. The average molecular weight is 361 g/mol. The summed E-state index contributed by atoms with van der Waals surface area (Å²) in [5.74, 6) is 0.569. The number of ether oxygens (including phenoxy) is 2. The zero-order valence-electron chi connectivity index (χ0n) is 14.0. The number of nitro groups is 1. The molecule has 132 valence electrons. The first-order valence-electron chi connectivity index (χ1n) is 7.79. The third kappa shape index (κ3) is 5.79. The van der Waals surface area contributed by atoms with Gasteiger partial charge in [-0.3, -0.25) is 14.9 Å². The summed E-state index contributed by atoms with van der Waals surface area (Å²) < 4.78 is 10.7. The number of carbonyl (C=O) groups is 1. The van der Waals surface area contributed by atoms with Crippen LogP contribution < -0.4 is 4.74 Å². The van der Waals surface area contributed by atoms with Crippen molar-refractivity contribution in [3.63, 3.8) is 0 Å². The van der Waals surface area contributed by atoms with Crippen LogP contribution in [0.2, 0.25) is 0 Å². The van der Waals surface area contributed by atoms with Gasteiger partial charge in [-0.2, -0.15) is 0 Å². The fraction of sp³-hybridized carbons (Fsp3) is 0.278. The minimum absolute atomic E-state index is 0.0239. The number of rotatable bonds is 8. The van der Waals surface area contributed by atoms with Gasteiger partial charge >= 0.3 is 5.97 Å². The normalized spacial score (nSPS) is 11.6. The lowest BCUT2D eigenvalue weighted by Crippen LogP contribution is -2.11.